The van der Waals surface area contributed by atoms with Crippen LogP contribution >= 0.6 is 0 Å². The Bertz CT molecular complexity index is 799. The van der Waals surface area contributed by atoms with Crippen LogP contribution in [0.25, 0.3) is 0 Å². The molecule has 0 bridgehead atoms. The molecule has 3 N–H and O–H groups in total. The van der Waals surface area contributed by atoms with E-state index >= 15 is 0 Å². The minimum Gasteiger partial charge on any atom is -0.508 e. The largest absolute Gasteiger partial charge is 0.508 e. The van der Waals surface area contributed by atoms with Crippen LogP contribution in [0.3, 0.4) is 0 Å². The van der Waals surface area contributed by atoms with Crippen LogP contribution in [0.1, 0.15) is 86.8 Å². The van der Waals surface area contributed by atoms with Gasteiger partial charge in [-0.1, -0.05) is 56.7 Å². The quantitative estimate of drug-likeness (QED) is 0.575. The molecule has 2 aliphatic rings. The van der Waals surface area contributed by atoms with E-state index in [0.717, 1.165) is 49.7 Å². The van der Waals surface area contributed by atoms with Crippen LogP contribution in [-0.2, 0) is 5.41 Å². The van der Waals surface area contributed by atoms with Crippen molar-refractivity contribution in [2.75, 3.05) is 0 Å². The number of hydrogen-bond donors (Lipinski definition) is 3. The Morgan fingerprint density at radius 3 is 1.89 bits per heavy atom. The standard InChI is InChI=1S/C24H30O3/c25-21-11-9-18(15-20(21)17-7-3-1-4-8-17)24(13-5-2-6-14-24)19-10-12-22(26)23(27)16-19/h9-12,15-17,25-27H,1-8,13-14H2. The molecule has 2 saturated carbocycles. The lowest BCUT2D eigenvalue weighted by Gasteiger charge is -2.39. The van der Waals surface area contributed by atoms with Gasteiger partial charge in [-0.2, -0.15) is 0 Å². The number of hydrogen-bond acceptors (Lipinski definition) is 3. The molecule has 0 unspecified atom stereocenters. The number of benzene rings is 2. The summed E-state index contributed by atoms with van der Waals surface area (Å²) in [6.07, 6.45) is 11.7. The highest BCUT2D eigenvalue weighted by Gasteiger charge is 2.37. The highest BCUT2D eigenvalue weighted by molar-refractivity contribution is 5.50. The zero-order chi connectivity index (χ0) is 18.9. The molecular formula is C24H30O3. The molecule has 3 nitrogen and oxygen atoms in total. The van der Waals surface area contributed by atoms with Gasteiger partial charge in [0.25, 0.3) is 0 Å². The molecule has 27 heavy (non-hydrogen) atoms. The minimum atomic E-state index is -0.152. The molecule has 0 atom stereocenters. The molecule has 0 saturated heterocycles. The molecule has 0 amide bonds. The Morgan fingerprint density at radius 2 is 1.22 bits per heavy atom. The third-order valence-corrected chi connectivity index (χ3v) is 6.86. The second-order valence-electron chi connectivity index (χ2n) is 8.45. The molecule has 2 aliphatic carbocycles. The van der Waals surface area contributed by atoms with Crippen LogP contribution in [0.4, 0.5) is 0 Å². The molecule has 2 aromatic rings. The summed E-state index contributed by atoms with van der Waals surface area (Å²) in [7, 11) is 0. The Balaban J connectivity index is 1.79. The summed E-state index contributed by atoms with van der Waals surface area (Å²) in [6.45, 7) is 0. The molecule has 0 spiro atoms. The van der Waals surface area contributed by atoms with E-state index in [0.29, 0.717) is 11.7 Å². The van der Waals surface area contributed by atoms with Crippen LogP contribution in [0.2, 0.25) is 0 Å². The zero-order valence-electron chi connectivity index (χ0n) is 16.0. The lowest BCUT2D eigenvalue weighted by Crippen LogP contribution is -2.30. The van der Waals surface area contributed by atoms with Crippen molar-refractivity contribution in [2.45, 2.75) is 75.5 Å². The van der Waals surface area contributed by atoms with Gasteiger partial charge < -0.3 is 15.3 Å². The molecule has 3 heteroatoms. The van der Waals surface area contributed by atoms with Crippen molar-refractivity contribution >= 4 is 0 Å². The fourth-order valence-electron chi connectivity index (χ4n) is 5.31. The highest BCUT2D eigenvalue weighted by atomic mass is 16.3. The van der Waals surface area contributed by atoms with Gasteiger partial charge in [0.2, 0.25) is 0 Å². The van der Waals surface area contributed by atoms with E-state index in [1.165, 1.54) is 31.2 Å². The molecule has 0 heterocycles. The Labute approximate surface area is 161 Å². The van der Waals surface area contributed by atoms with Crippen molar-refractivity contribution in [1.82, 2.24) is 0 Å². The van der Waals surface area contributed by atoms with E-state index in [1.54, 1.807) is 12.1 Å². The summed E-state index contributed by atoms with van der Waals surface area (Å²) in [5.74, 6) is 0.750. The van der Waals surface area contributed by atoms with Crippen LogP contribution in [0.15, 0.2) is 36.4 Å². The first kappa shape index (κ1) is 18.2. The van der Waals surface area contributed by atoms with Crippen molar-refractivity contribution < 1.29 is 15.3 Å². The van der Waals surface area contributed by atoms with E-state index < -0.39 is 0 Å². The van der Waals surface area contributed by atoms with Gasteiger partial charge in [-0.25, -0.2) is 0 Å². The predicted molar refractivity (Wildman–Crippen MR) is 108 cm³/mol. The van der Waals surface area contributed by atoms with E-state index in [9.17, 15) is 15.3 Å². The van der Waals surface area contributed by atoms with E-state index in [1.807, 2.05) is 12.1 Å². The molecule has 2 aromatic carbocycles. The molecule has 0 radical (unpaired) electrons. The first-order valence-electron chi connectivity index (χ1n) is 10.5. The smallest absolute Gasteiger partial charge is 0.157 e. The fourth-order valence-corrected chi connectivity index (χ4v) is 5.31. The summed E-state index contributed by atoms with van der Waals surface area (Å²) < 4.78 is 0. The maximum atomic E-state index is 10.5. The Hall–Kier alpha value is -2.16. The average molecular weight is 367 g/mol. The summed E-state index contributed by atoms with van der Waals surface area (Å²) in [6, 6.07) is 11.5. The second kappa shape index (κ2) is 7.46. The molecule has 144 valence electrons. The van der Waals surface area contributed by atoms with Gasteiger partial charge in [0.1, 0.15) is 5.75 Å². The Morgan fingerprint density at radius 1 is 0.630 bits per heavy atom. The third kappa shape index (κ3) is 3.40. The van der Waals surface area contributed by atoms with Gasteiger partial charge in [0, 0.05) is 5.41 Å². The Kier molecular flexibility index (Phi) is 5.03. The highest BCUT2D eigenvalue weighted by Crippen LogP contribution is 2.48. The first-order chi connectivity index (χ1) is 13.1. The molecule has 0 aliphatic heterocycles. The molecule has 0 aromatic heterocycles. The third-order valence-electron chi connectivity index (χ3n) is 6.86. The van der Waals surface area contributed by atoms with Crippen LogP contribution < -0.4 is 0 Å². The maximum absolute atomic E-state index is 10.5. The topological polar surface area (TPSA) is 60.7 Å². The maximum Gasteiger partial charge on any atom is 0.157 e. The normalized spacial score (nSPS) is 20.4. The lowest BCUT2D eigenvalue weighted by molar-refractivity contribution is 0.341. The van der Waals surface area contributed by atoms with Crippen molar-refractivity contribution in [1.29, 1.82) is 0 Å². The SMILES string of the molecule is Oc1ccc(C2(c3ccc(O)c(C4CCCCC4)c3)CCCCC2)cc1O. The van der Waals surface area contributed by atoms with Crippen molar-refractivity contribution in [3.63, 3.8) is 0 Å². The molecule has 2 fully saturated rings. The van der Waals surface area contributed by atoms with Gasteiger partial charge in [-0.3, -0.25) is 0 Å². The van der Waals surface area contributed by atoms with E-state index in [2.05, 4.69) is 12.1 Å². The van der Waals surface area contributed by atoms with Gasteiger partial charge in [-0.15, -0.1) is 0 Å². The van der Waals surface area contributed by atoms with Crippen LogP contribution in [0.5, 0.6) is 17.2 Å². The first-order valence-corrected chi connectivity index (χ1v) is 10.5. The van der Waals surface area contributed by atoms with Gasteiger partial charge >= 0.3 is 0 Å². The molecule has 4 rings (SSSR count). The van der Waals surface area contributed by atoms with Gasteiger partial charge in [0.05, 0.1) is 0 Å². The van der Waals surface area contributed by atoms with Gasteiger partial charge in [-0.05, 0) is 66.5 Å². The van der Waals surface area contributed by atoms with E-state index in [4.69, 9.17) is 0 Å². The minimum absolute atomic E-state index is 0.0521. The average Bonchev–Trinajstić information content (AvgIpc) is 2.71. The summed E-state index contributed by atoms with van der Waals surface area (Å²) >= 11 is 0. The van der Waals surface area contributed by atoms with Crippen molar-refractivity contribution in [3.05, 3.63) is 53.1 Å². The summed E-state index contributed by atoms with van der Waals surface area (Å²) in [5, 5.41) is 30.4. The summed E-state index contributed by atoms with van der Waals surface area (Å²) in [4.78, 5) is 0. The monoisotopic (exact) mass is 366 g/mol. The van der Waals surface area contributed by atoms with Crippen molar-refractivity contribution in [2.24, 2.45) is 0 Å². The predicted octanol–water partition coefficient (Wildman–Crippen LogP) is 6.10. The number of rotatable bonds is 3. The van der Waals surface area contributed by atoms with E-state index in [-0.39, 0.29) is 16.9 Å². The number of phenols is 3. The second-order valence-corrected chi connectivity index (χ2v) is 8.45. The molecular weight excluding hydrogens is 336 g/mol. The van der Waals surface area contributed by atoms with Crippen LogP contribution in [0, 0.1) is 0 Å². The number of phenolic OH excluding ortho intramolecular Hbond substituents is 3. The zero-order valence-corrected chi connectivity index (χ0v) is 16.0. The van der Waals surface area contributed by atoms with Gasteiger partial charge in [0.15, 0.2) is 11.5 Å². The van der Waals surface area contributed by atoms with Crippen molar-refractivity contribution in [3.8, 4) is 17.2 Å². The fraction of sp³-hybridized carbons (Fsp3) is 0.500. The summed E-state index contributed by atoms with van der Waals surface area (Å²) in [5.41, 5.74) is 3.25. The number of aromatic hydroxyl groups is 3. The lowest BCUT2D eigenvalue weighted by atomic mass is 9.64. The van der Waals surface area contributed by atoms with Crippen LogP contribution in [-0.4, -0.2) is 15.3 Å².